The van der Waals surface area contributed by atoms with Crippen LogP contribution in [0.2, 0.25) is 0 Å². The molecule has 12 rings (SSSR count). The van der Waals surface area contributed by atoms with Gasteiger partial charge in [0.2, 0.25) is 0 Å². The molecule has 0 atom stereocenters. The van der Waals surface area contributed by atoms with Gasteiger partial charge in [-0.1, -0.05) is 146 Å². The molecule has 0 fully saturated rings. The number of para-hydroxylation sites is 3. The first-order chi connectivity index (χ1) is 28.3. The van der Waals surface area contributed by atoms with E-state index in [-0.39, 0.29) is 0 Å². The number of rotatable bonds is 5. The summed E-state index contributed by atoms with van der Waals surface area (Å²) >= 11 is 1.89. The molecule has 3 heteroatoms. The van der Waals surface area contributed by atoms with Crippen LogP contribution in [0.5, 0.6) is 0 Å². The molecule has 266 valence electrons. The highest BCUT2D eigenvalue weighted by molar-refractivity contribution is 7.26. The van der Waals surface area contributed by atoms with Crippen LogP contribution in [0.3, 0.4) is 0 Å². The summed E-state index contributed by atoms with van der Waals surface area (Å²) in [7, 11) is 0. The summed E-state index contributed by atoms with van der Waals surface area (Å²) in [6, 6.07) is 75.7. The number of hydrogen-bond acceptors (Lipinski definition) is 1. The molecule has 3 heterocycles. The predicted octanol–water partition coefficient (Wildman–Crippen LogP) is 15.2. The van der Waals surface area contributed by atoms with Gasteiger partial charge < -0.3 is 9.13 Å². The van der Waals surface area contributed by atoms with Crippen molar-refractivity contribution in [3.8, 4) is 44.8 Å². The lowest BCUT2D eigenvalue weighted by atomic mass is 9.98. The van der Waals surface area contributed by atoms with Crippen LogP contribution in [0.15, 0.2) is 206 Å². The average molecular weight is 743 g/mol. The van der Waals surface area contributed by atoms with E-state index in [4.69, 9.17) is 0 Å². The Labute approximate surface area is 333 Å². The Morgan fingerprint density at radius 2 is 0.807 bits per heavy atom. The van der Waals surface area contributed by atoms with Gasteiger partial charge in [-0.3, -0.25) is 0 Å². The fourth-order valence-corrected chi connectivity index (χ4v) is 10.3. The summed E-state index contributed by atoms with van der Waals surface area (Å²) in [5.41, 5.74) is 14.5. The molecule has 0 amide bonds. The second-order valence-electron chi connectivity index (χ2n) is 14.9. The van der Waals surface area contributed by atoms with E-state index in [1.165, 1.54) is 103 Å². The molecule has 0 aliphatic rings. The van der Waals surface area contributed by atoms with Crippen LogP contribution in [-0.4, -0.2) is 9.13 Å². The average Bonchev–Trinajstić information content (AvgIpc) is 3.94. The van der Waals surface area contributed by atoms with Gasteiger partial charge in [0.05, 0.1) is 22.1 Å². The molecule has 3 aromatic heterocycles. The van der Waals surface area contributed by atoms with Crippen LogP contribution in [0.25, 0.3) is 109 Å². The fraction of sp³-hybridized carbons (Fsp3) is 0. The molecule has 0 saturated carbocycles. The standard InChI is InChI=1S/C54H34N2S/c1-3-13-35(14-4-1)36-23-25-37(26-24-36)46-33-41(34-48-45-19-9-12-22-53(45)57-54(46)48)56-49-20-10-7-17-42(49)44-29-27-39(32-52(44)56)38-28-30-51-47(31-38)43-18-8-11-21-50(43)55(51)40-15-5-2-6-16-40/h1-34H. The van der Waals surface area contributed by atoms with Crippen LogP contribution < -0.4 is 0 Å². The van der Waals surface area contributed by atoms with E-state index in [0.717, 1.165) is 5.69 Å². The number of hydrogen-bond donors (Lipinski definition) is 0. The first-order valence-electron chi connectivity index (χ1n) is 19.5. The van der Waals surface area contributed by atoms with Gasteiger partial charge in [0.15, 0.2) is 0 Å². The Kier molecular flexibility index (Phi) is 7.13. The van der Waals surface area contributed by atoms with Gasteiger partial charge in [0.25, 0.3) is 0 Å². The highest BCUT2D eigenvalue weighted by Gasteiger charge is 2.19. The Hall–Kier alpha value is -7.20. The maximum absolute atomic E-state index is 2.49. The highest BCUT2D eigenvalue weighted by Crippen LogP contribution is 2.44. The second kappa shape index (κ2) is 12.7. The third-order valence-corrected chi connectivity index (χ3v) is 12.9. The van der Waals surface area contributed by atoms with Crippen molar-refractivity contribution in [2.45, 2.75) is 0 Å². The van der Waals surface area contributed by atoms with Gasteiger partial charge in [0.1, 0.15) is 0 Å². The summed E-state index contributed by atoms with van der Waals surface area (Å²) in [6.07, 6.45) is 0. The summed E-state index contributed by atoms with van der Waals surface area (Å²) in [6.45, 7) is 0. The number of thiophene rings is 1. The number of aromatic nitrogens is 2. The topological polar surface area (TPSA) is 9.86 Å². The Bertz CT molecular complexity index is 3490. The van der Waals surface area contributed by atoms with Gasteiger partial charge in [-0.25, -0.2) is 0 Å². The van der Waals surface area contributed by atoms with E-state index >= 15 is 0 Å². The molecule has 0 spiro atoms. The molecule has 12 aromatic rings. The zero-order chi connectivity index (χ0) is 37.5. The molecule has 9 aromatic carbocycles. The summed E-state index contributed by atoms with van der Waals surface area (Å²) in [4.78, 5) is 0. The summed E-state index contributed by atoms with van der Waals surface area (Å²) < 4.78 is 7.49. The van der Waals surface area contributed by atoms with Crippen LogP contribution in [0, 0.1) is 0 Å². The van der Waals surface area contributed by atoms with Crippen molar-refractivity contribution < 1.29 is 0 Å². The number of fused-ring (bicyclic) bond motifs is 9. The van der Waals surface area contributed by atoms with Gasteiger partial charge >= 0.3 is 0 Å². The summed E-state index contributed by atoms with van der Waals surface area (Å²) in [5.74, 6) is 0. The first-order valence-corrected chi connectivity index (χ1v) is 20.3. The molecule has 57 heavy (non-hydrogen) atoms. The van der Waals surface area contributed by atoms with Gasteiger partial charge in [-0.2, -0.15) is 0 Å². The maximum atomic E-state index is 2.49. The molecule has 0 radical (unpaired) electrons. The molecule has 2 nitrogen and oxygen atoms in total. The van der Waals surface area contributed by atoms with Crippen molar-refractivity contribution in [1.82, 2.24) is 9.13 Å². The quantitative estimate of drug-likeness (QED) is 0.166. The van der Waals surface area contributed by atoms with E-state index in [0.29, 0.717) is 0 Å². The van der Waals surface area contributed by atoms with E-state index < -0.39 is 0 Å². The molecule has 0 saturated heterocycles. The fourth-order valence-electron chi connectivity index (χ4n) is 9.06. The molecular formula is C54H34N2S. The third-order valence-electron chi connectivity index (χ3n) is 11.7. The zero-order valence-corrected chi connectivity index (χ0v) is 31.7. The van der Waals surface area contributed by atoms with E-state index in [1.54, 1.807) is 0 Å². The van der Waals surface area contributed by atoms with Crippen LogP contribution >= 0.6 is 11.3 Å². The lowest BCUT2D eigenvalue weighted by molar-refractivity contribution is 1.18. The van der Waals surface area contributed by atoms with Crippen LogP contribution in [-0.2, 0) is 0 Å². The van der Waals surface area contributed by atoms with E-state index in [9.17, 15) is 0 Å². The molecule has 0 unspecified atom stereocenters. The van der Waals surface area contributed by atoms with Crippen LogP contribution in [0.1, 0.15) is 0 Å². The Morgan fingerprint density at radius 1 is 0.281 bits per heavy atom. The first kappa shape index (κ1) is 32.1. The third kappa shape index (κ3) is 5.03. The normalized spacial score (nSPS) is 11.9. The number of benzene rings is 9. The molecule has 0 bridgehead atoms. The molecule has 0 aliphatic carbocycles. The summed E-state index contributed by atoms with van der Waals surface area (Å²) in [5, 5.41) is 7.60. The predicted molar refractivity (Wildman–Crippen MR) is 244 cm³/mol. The van der Waals surface area contributed by atoms with E-state index in [1.807, 2.05) is 11.3 Å². The minimum atomic E-state index is 1.16. The Morgan fingerprint density at radius 3 is 1.58 bits per heavy atom. The maximum Gasteiger partial charge on any atom is 0.0547 e. The number of nitrogens with zero attached hydrogens (tertiary/aromatic N) is 2. The van der Waals surface area contributed by atoms with Crippen molar-refractivity contribution >= 4 is 75.1 Å². The minimum absolute atomic E-state index is 1.16. The van der Waals surface area contributed by atoms with Crippen molar-refractivity contribution in [3.63, 3.8) is 0 Å². The van der Waals surface area contributed by atoms with Crippen molar-refractivity contribution in [2.75, 3.05) is 0 Å². The smallest absolute Gasteiger partial charge is 0.0547 e. The largest absolute Gasteiger partial charge is 0.309 e. The highest BCUT2D eigenvalue weighted by atomic mass is 32.1. The SMILES string of the molecule is c1ccc(-c2ccc(-c3cc(-n4c5ccccc5c5ccc(-c6ccc7c(c6)c6ccccc6n7-c6ccccc6)cc54)cc4c3sc3ccccc34)cc2)cc1. The van der Waals surface area contributed by atoms with Crippen LogP contribution in [0.4, 0.5) is 0 Å². The lowest BCUT2D eigenvalue weighted by Gasteiger charge is -2.13. The molecule has 0 N–H and O–H groups in total. The van der Waals surface area contributed by atoms with Crippen molar-refractivity contribution in [2.24, 2.45) is 0 Å². The van der Waals surface area contributed by atoms with Gasteiger partial charge in [-0.05, 0) is 88.5 Å². The van der Waals surface area contributed by atoms with Crippen molar-refractivity contribution in [3.05, 3.63) is 206 Å². The minimum Gasteiger partial charge on any atom is -0.309 e. The van der Waals surface area contributed by atoms with Crippen molar-refractivity contribution in [1.29, 1.82) is 0 Å². The Balaban J connectivity index is 1.08. The van der Waals surface area contributed by atoms with Gasteiger partial charge in [0, 0.05) is 58.7 Å². The monoisotopic (exact) mass is 742 g/mol. The lowest BCUT2D eigenvalue weighted by Crippen LogP contribution is -1.95. The van der Waals surface area contributed by atoms with E-state index in [2.05, 4.69) is 215 Å². The van der Waals surface area contributed by atoms with Gasteiger partial charge in [-0.15, -0.1) is 11.3 Å². The zero-order valence-electron chi connectivity index (χ0n) is 30.9. The second-order valence-corrected chi connectivity index (χ2v) is 16.0. The molecular weight excluding hydrogens is 709 g/mol. The molecule has 0 aliphatic heterocycles.